The van der Waals surface area contributed by atoms with Gasteiger partial charge in [0.2, 0.25) is 5.16 Å². The third kappa shape index (κ3) is 3.68. The van der Waals surface area contributed by atoms with E-state index in [0.29, 0.717) is 5.25 Å². The van der Waals surface area contributed by atoms with Crippen LogP contribution in [0.15, 0.2) is 5.16 Å². The predicted molar refractivity (Wildman–Crippen MR) is 73.6 cm³/mol. The lowest BCUT2D eigenvalue weighted by Crippen LogP contribution is -2.19. The minimum absolute atomic E-state index is 0.701. The second-order valence-corrected chi connectivity index (χ2v) is 6.22. The third-order valence-electron chi connectivity index (χ3n) is 3.72. The maximum atomic E-state index is 4.14. The number of tetrazole rings is 1. The second-order valence-electron chi connectivity index (χ2n) is 4.96. The molecule has 6 heteroatoms. The van der Waals surface area contributed by atoms with E-state index in [-0.39, 0.29) is 0 Å². The minimum Gasteiger partial charge on any atom is -0.318 e. The highest BCUT2D eigenvalue weighted by molar-refractivity contribution is 7.99. The van der Waals surface area contributed by atoms with Gasteiger partial charge < -0.3 is 5.32 Å². The fourth-order valence-corrected chi connectivity index (χ4v) is 3.59. The molecule has 1 N–H and O–H groups in total. The number of thioether (sulfide) groups is 1. The highest BCUT2D eigenvalue weighted by Gasteiger charge is 2.22. The molecule has 0 atom stereocenters. The van der Waals surface area contributed by atoms with Gasteiger partial charge >= 0.3 is 0 Å². The molecule has 1 saturated carbocycles. The Morgan fingerprint density at radius 1 is 1.33 bits per heavy atom. The molecule has 1 fully saturated rings. The normalized spacial score (nSPS) is 24.3. The van der Waals surface area contributed by atoms with Gasteiger partial charge in [0.25, 0.3) is 0 Å². The molecule has 0 aliphatic heterocycles. The summed E-state index contributed by atoms with van der Waals surface area (Å²) in [5.41, 5.74) is 0. The largest absolute Gasteiger partial charge is 0.318 e. The van der Waals surface area contributed by atoms with Gasteiger partial charge in [0.1, 0.15) is 0 Å². The van der Waals surface area contributed by atoms with Crippen LogP contribution < -0.4 is 5.32 Å². The van der Waals surface area contributed by atoms with Crippen molar-refractivity contribution in [2.75, 3.05) is 13.6 Å². The first kappa shape index (κ1) is 13.8. The molecule has 2 rings (SSSR count). The van der Waals surface area contributed by atoms with E-state index >= 15 is 0 Å². The van der Waals surface area contributed by atoms with Crippen LogP contribution in [-0.4, -0.2) is 39.0 Å². The Hall–Kier alpha value is -0.620. The lowest BCUT2D eigenvalue weighted by Gasteiger charge is -2.26. The van der Waals surface area contributed by atoms with Gasteiger partial charge in [0, 0.05) is 11.8 Å². The van der Waals surface area contributed by atoms with Crippen molar-refractivity contribution >= 4 is 11.8 Å². The summed E-state index contributed by atoms with van der Waals surface area (Å²) in [7, 11) is 1.95. The fourth-order valence-electron chi connectivity index (χ4n) is 2.45. The highest BCUT2D eigenvalue weighted by Crippen LogP contribution is 2.35. The zero-order valence-corrected chi connectivity index (χ0v) is 12.1. The molecule has 18 heavy (non-hydrogen) atoms. The standard InChI is InChI=1S/C12H23N5S/c1-3-10-4-6-11(7-5-10)18-12-14-15-16-17(12)9-8-13-2/h10-11,13H,3-9H2,1-2H3. The molecule has 0 spiro atoms. The molecule has 0 bridgehead atoms. The molecule has 0 aromatic carbocycles. The maximum Gasteiger partial charge on any atom is 0.209 e. The highest BCUT2D eigenvalue weighted by atomic mass is 32.2. The number of nitrogens with one attached hydrogen (secondary N) is 1. The second kappa shape index (κ2) is 7.09. The van der Waals surface area contributed by atoms with Crippen LogP contribution in [0, 0.1) is 5.92 Å². The van der Waals surface area contributed by atoms with Crippen LogP contribution in [0.1, 0.15) is 39.0 Å². The van der Waals surface area contributed by atoms with Crippen LogP contribution in [0.2, 0.25) is 0 Å². The van der Waals surface area contributed by atoms with E-state index in [1.165, 1.54) is 32.1 Å². The summed E-state index contributed by atoms with van der Waals surface area (Å²) in [6.07, 6.45) is 6.68. The van der Waals surface area contributed by atoms with Gasteiger partial charge in [-0.1, -0.05) is 25.1 Å². The SMILES string of the molecule is CCC1CCC(Sc2nnnn2CCNC)CC1. The number of hydrogen-bond acceptors (Lipinski definition) is 5. The predicted octanol–water partition coefficient (Wildman–Crippen LogP) is 1.95. The Bertz CT molecular complexity index is 346. The van der Waals surface area contributed by atoms with Gasteiger partial charge in [-0.2, -0.15) is 0 Å². The van der Waals surface area contributed by atoms with E-state index in [2.05, 4.69) is 27.8 Å². The minimum atomic E-state index is 0.701. The molecule has 1 aromatic rings. The Balaban J connectivity index is 1.84. The summed E-state index contributed by atoms with van der Waals surface area (Å²) in [5.74, 6) is 0.946. The number of aromatic nitrogens is 4. The zero-order chi connectivity index (χ0) is 12.8. The smallest absolute Gasteiger partial charge is 0.209 e. The maximum absolute atomic E-state index is 4.14. The van der Waals surface area contributed by atoms with Gasteiger partial charge in [-0.15, -0.1) is 5.10 Å². The lowest BCUT2D eigenvalue weighted by atomic mass is 9.87. The average molecular weight is 269 g/mol. The van der Waals surface area contributed by atoms with E-state index in [9.17, 15) is 0 Å². The van der Waals surface area contributed by atoms with Gasteiger partial charge in [0.05, 0.1) is 6.54 Å². The Morgan fingerprint density at radius 3 is 2.78 bits per heavy atom. The quantitative estimate of drug-likeness (QED) is 0.855. The van der Waals surface area contributed by atoms with Crippen molar-refractivity contribution < 1.29 is 0 Å². The first-order chi connectivity index (χ1) is 8.83. The zero-order valence-electron chi connectivity index (χ0n) is 11.3. The molecule has 1 aliphatic rings. The molecule has 0 unspecified atom stereocenters. The third-order valence-corrected chi connectivity index (χ3v) is 5.02. The van der Waals surface area contributed by atoms with Gasteiger partial charge in [-0.05, 0) is 49.1 Å². The van der Waals surface area contributed by atoms with Crippen molar-refractivity contribution in [3.05, 3.63) is 0 Å². The molecule has 0 amide bonds. The summed E-state index contributed by atoms with van der Waals surface area (Å²) in [4.78, 5) is 0. The van der Waals surface area contributed by atoms with Crippen molar-refractivity contribution in [2.45, 2.75) is 56.0 Å². The van der Waals surface area contributed by atoms with Gasteiger partial charge in [-0.3, -0.25) is 0 Å². The number of rotatable bonds is 6. The molecular weight excluding hydrogens is 246 g/mol. The monoisotopic (exact) mass is 269 g/mol. The number of hydrogen-bond donors (Lipinski definition) is 1. The molecule has 5 nitrogen and oxygen atoms in total. The molecule has 1 aliphatic carbocycles. The summed E-state index contributed by atoms with van der Waals surface area (Å²) >= 11 is 1.86. The van der Waals surface area contributed by atoms with Crippen LogP contribution in [0.4, 0.5) is 0 Å². The summed E-state index contributed by atoms with van der Waals surface area (Å²) < 4.78 is 1.91. The summed E-state index contributed by atoms with van der Waals surface area (Å²) in [5, 5.41) is 16.8. The Labute approximate surface area is 113 Å². The summed E-state index contributed by atoms with van der Waals surface area (Å²) in [6.45, 7) is 4.05. The summed E-state index contributed by atoms with van der Waals surface area (Å²) in [6, 6.07) is 0. The van der Waals surface area contributed by atoms with E-state index in [1.807, 2.05) is 23.5 Å². The number of likely N-dealkylation sites (N-methyl/N-ethyl adjacent to an activating group) is 1. The van der Waals surface area contributed by atoms with Crippen molar-refractivity contribution in [1.82, 2.24) is 25.5 Å². The molecule has 1 heterocycles. The van der Waals surface area contributed by atoms with Crippen LogP contribution in [0.5, 0.6) is 0 Å². The van der Waals surface area contributed by atoms with E-state index in [4.69, 9.17) is 0 Å². The van der Waals surface area contributed by atoms with Crippen molar-refractivity contribution in [1.29, 1.82) is 0 Å². The first-order valence-electron chi connectivity index (χ1n) is 6.91. The van der Waals surface area contributed by atoms with E-state index < -0.39 is 0 Å². The van der Waals surface area contributed by atoms with E-state index in [1.54, 1.807) is 0 Å². The van der Waals surface area contributed by atoms with Crippen LogP contribution >= 0.6 is 11.8 Å². The fraction of sp³-hybridized carbons (Fsp3) is 0.917. The van der Waals surface area contributed by atoms with Crippen molar-refractivity contribution in [2.24, 2.45) is 5.92 Å². The lowest BCUT2D eigenvalue weighted by molar-refractivity contribution is 0.355. The Morgan fingerprint density at radius 2 is 2.11 bits per heavy atom. The van der Waals surface area contributed by atoms with Crippen LogP contribution in [0.25, 0.3) is 0 Å². The van der Waals surface area contributed by atoms with E-state index in [0.717, 1.165) is 24.2 Å². The molecule has 102 valence electrons. The molecule has 0 radical (unpaired) electrons. The average Bonchev–Trinajstić information content (AvgIpc) is 2.84. The van der Waals surface area contributed by atoms with Crippen molar-refractivity contribution in [3.8, 4) is 0 Å². The van der Waals surface area contributed by atoms with Crippen LogP contribution in [-0.2, 0) is 6.54 Å². The number of nitrogens with zero attached hydrogens (tertiary/aromatic N) is 4. The van der Waals surface area contributed by atoms with Crippen LogP contribution in [0.3, 0.4) is 0 Å². The van der Waals surface area contributed by atoms with Gasteiger partial charge in [0.15, 0.2) is 0 Å². The molecule has 0 saturated heterocycles. The first-order valence-corrected chi connectivity index (χ1v) is 7.78. The molecular formula is C12H23N5S. The van der Waals surface area contributed by atoms with Crippen molar-refractivity contribution in [3.63, 3.8) is 0 Å². The molecule has 1 aromatic heterocycles. The van der Waals surface area contributed by atoms with Gasteiger partial charge in [-0.25, -0.2) is 4.68 Å². The Kier molecular flexibility index (Phi) is 5.44. The topological polar surface area (TPSA) is 55.6 Å².